The standard InChI is InChI=1S/C15H10O4.H3O4P/c16-10-7-4-8-11-12(10)13(17)14(18)15(19-11)9-5-2-1-3-6-9;1-5(2,3)4/h1-8,16,18H;(H3,1,2,3,4). The number of hydrogen-bond acceptors (Lipinski definition) is 5. The van der Waals surface area contributed by atoms with Gasteiger partial charge in [0, 0.05) is 5.56 Å². The van der Waals surface area contributed by atoms with E-state index in [1.54, 1.807) is 36.4 Å². The molecule has 0 spiro atoms. The normalized spacial score (nSPS) is 11.0. The quantitative estimate of drug-likeness (QED) is 0.417. The Hall–Kier alpha value is -2.64. The predicted octanol–water partition coefficient (Wildman–Crippen LogP) is 1.94. The summed E-state index contributed by atoms with van der Waals surface area (Å²) in [6, 6.07) is 13.4. The largest absolute Gasteiger partial charge is 0.507 e. The summed E-state index contributed by atoms with van der Waals surface area (Å²) in [4.78, 5) is 33.6. The summed E-state index contributed by atoms with van der Waals surface area (Å²) in [6.07, 6.45) is 0. The van der Waals surface area contributed by atoms with Gasteiger partial charge in [0.2, 0.25) is 11.2 Å². The van der Waals surface area contributed by atoms with E-state index in [0.717, 1.165) is 0 Å². The molecule has 0 aliphatic carbocycles. The van der Waals surface area contributed by atoms with Gasteiger partial charge in [0.1, 0.15) is 16.7 Å². The maximum atomic E-state index is 12.1. The highest BCUT2D eigenvalue weighted by Crippen LogP contribution is 2.32. The van der Waals surface area contributed by atoms with E-state index in [2.05, 4.69) is 0 Å². The van der Waals surface area contributed by atoms with Crippen molar-refractivity contribution in [1.29, 1.82) is 0 Å². The molecule has 126 valence electrons. The fourth-order valence-corrected chi connectivity index (χ4v) is 2.00. The number of phenolic OH excluding ortho intramolecular Hbond substituents is 1. The molecule has 3 rings (SSSR count). The summed E-state index contributed by atoms with van der Waals surface area (Å²) in [6.45, 7) is 0. The molecule has 0 aliphatic heterocycles. The van der Waals surface area contributed by atoms with Crippen LogP contribution in [0, 0.1) is 0 Å². The second-order valence-corrected chi connectivity index (χ2v) is 5.67. The lowest BCUT2D eigenvalue weighted by molar-refractivity contribution is 0.275. The van der Waals surface area contributed by atoms with Crippen LogP contribution in [0.25, 0.3) is 22.3 Å². The van der Waals surface area contributed by atoms with Crippen LogP contribution in [-0.2, 0) is 4.57 Å². The van der Waals surface area contributed by atoms with Gasteiger partial charge in [-0.15, -0.1) is 0 Å². The summed E-state index contributed by atoms with van der Waals surface area (Å²) in [5.74, 6) is -0.606. The third-order valence-corrected chi connectivity index (χ3v) is 2.91. The summed E-state index contributed by atoms with van der Waals surface area (Å²) in [7, 11) is -4.64. The SMILES string of the molecule is O=P(O)(O)O.O=c1c(O)c(-c2ccccc2)oc2cccc(O)c12. The van der Waals surface area contributed by atoms with Crippen LogP contribution >= 0.6 is 7.82 Å². The first-order chi connectivity index (χ1) is 11.2. The topological polar surface area (TPSA) is 148 Å². The van der Waals surface area contributed by atoms with Crippen molar-refractivity contribution >= 4 is 18.8 Å². The molecule has 1 heterocycles. The number of benzene rings is 2. The van der Waals surface area contributed by atoms with Crippen molar-refractivity contribution in [2.45, 2.75) is 0 Å². The van der Waals surface area contributed by atoms with E-state index in [1.165, 1.54) is 6.07 Å². The van der Waals surface area contributed by atoms with Crippen LogP contribution < -0.4 is 5.43 Å². The molecule has 0 saturated heterocycles. The second kappa shape index (κ2) is 6.86. The Kier molecular flexibility index (Phi) is 5.06. The van der Waals surface area contributed by atoms with Crippen molar-refractivity contribution < 1.29 is 33.9 Å². The van der Waals surface area contributed by atoms with Gasteiger partial charge in [-0.05, 0) is 12.1 Å². The lowest BCUT2D eigenvalue weighted by atomic mass is 10.1. The zero-order chi connectivity index (χ0) is 17.9. The van der Waals surface area contributed by atoms with Crippen LogP contribution in [0.1, 0.15) is 0 Å². The fraction of sp³-hybridized carbons (Fsp3) is 0. The predicted molar refractivity (Wildman–Crippen MR) is 85.5 cm³/mol. The molecule has 0 saturated carbocycles. The Morgan fingerprint density at radius 1 is 0.875 bits per heavy atom. The number of fused-ring (bicyclic) bond motifs is 1. The molecule has 0 aliphatic rings. The molecule has 0 radical (unpaired) electrons. The van der Waals surface area contributed by atoms with Crippen molar-refractivity contribution in [3.63, 3.8) is 0 Å². The summed E-state index contributed by atoms with van der Waals surface area (Å²) < 4.78 is 14.4. The molecule has 0 fully saturated rings. The van der Waals surface area contributed by atoms with Gasteiger partial charge in [0.05, 0.1) is 0 Å². The van der Waals surface area contributed by atoms with E-state index in [4.69, 9.17) is 23.7 Å². The van der Waals surface area contributed by atoms with Gasteiger partial charge in [-0.2, -0.15) is 0 Å². The molecule has 3 aromatic rings. The Morgan fingerprint density at radius 3 is 2.04 bits per heavy atom. The third kappa shape index (κ3) is 4.21. The molecule has 24 heavy (non-hydrogen) atoms. The molecule has 8 nitrogen and oxygen atoms in total. The Bertz CT molecular complexity index is 950. The zero-order valence-corrected chi connectivity index (χ0v) is 12.9. The third-order valence-electron chi connectivity index (χ3n) is 2.91. The first-order valence-corrected chi connectivity index (χ1v) is 8.06. The van der Waals surface area contributed by atoms with Crippen LogP contribution in [0.4, 0.5) is 0 Å². The Balaban J connectivity index is 0.000000368. The van der Waals surface area contributed by atoms with E-state index in [0.29, 0.717) is 5.56 Å². The summed E-state index contributed by atoms with van der Waals surface area (Å²) in [5, 5.41) is 19.6. The summed E-state index contributed by atoms with van der Waals surface area (Å²) in [5.41, 5.74) is 0.196. The maximum Gasteiger partial charge on any atom is 0.466 e. The van der Waals surface area contributed by atoms with Gasteiger partial charge in [0.15, 0.2) is 5.76 Å². The number of phosphoric acid groups is 1. The van der Waals surface area contributed by atoms with Gasteiger partial charge in [-0.1, -0.05) is 36.4 Å². The van der Waals surface area contributed by atoms with Crippen LogP contribution in [0.3, 0.4) is 0 Å². The smallest absolute Gasteiger partial charge is 0.466 e. The molecule has 0 unspecified atom stereocenters. The minimum absolute atomic E-state index is 0.0142. The van der Waals surface area contributed by atoms with E-state index >= 15 is 0 Å². The Labute approximate surface area is 135 Å². The number of aromatic hydroxyl groups is 2. The number of hydrogen-bond donors (Lipinski definition) is 5. The molecule has 2 aromatic carbocycles. The lowest BCUT2D eigenvalue weighted by Gasteiger charge is -2.06. The number of phenols is 1. The molecule has 0 atom stereocenters. The van der Waals surface area contributed by atoms with E-state index in [-0.39, 0.29) is 22.5 Å². The average Bonchev–Trinajstić information content (AvgIpc) is 2.50. The van der Waals surface area contributed by atoms with E-state index in [1.807, 2.05) is 6.07 Å². The minimum Gasteiger partial charge on any atom is -0.507 e. The van der Waals surface area contributed by atoms with Crippen molar-refractivity contribution in [3.8, 4) is 22.8 Å². The molecule has 1 aromatic heterocycles. The lowest BCUT2D eigenvalue weighted by Crippen LogP contribution is -2.02. The molecule has 0 bridgehead atoms. The van der Waals surface area contributed by atoms with Gasteiger partial charge < -0.3 is 29.3 Å². The first-order valence-electron chi connectivity index (χ1n) is 6.50. The second-order valence-electron chi connectivity index (χ2n) is 4.64. The molecular weight excluding hydrogens is 339 g/mol. The van der Waals surface area contributed by atoms with Crippen LogP contribution in [0.5, 0.6) is 11.5 Å². The zero-order valence-electron chi connectivity index (χ0n) is 12.0. The van der Waals surface area contributed by atoms with E-state index < -0.39 is 19.0 Å². The van der Waals surface area contributed by atoms with Gasteiger partial charge in [0.25, 0.3) is 0 Å². The van der Waals surface area contributed by atoms with Gasteiger partial charge in [-0.25, -0.2) is 4.57 Å². The maximum absolute atomic E-state index is 12.1. The fourth-order valence-electron chi connectivity index (χ4n) is 2.00. The van der Waals surface area contributed by atoms with Crippen molar-refractivity contribution in [2.24, 2.45) is 0 Å². The minimum atomic E-state index is -4.64. The average molecular weight is 352 g/mol. The van der Waals surface area contributed by atoms with Crippen LogP contribution in [0.2, 0.25) is 0 Å². The van der Waals surface area contributed by atoms with Crippen molar-refractivity contribution in [2.75, 3.05) is 0 Å². The molecule has 9 heteroatoms. The van der Waals surface area contributed by atoms with Crippen LogP contribution in [0.15, 0.2) is 57.7 Å². The number of rotatable bonds is 1. The van der Waals surface area contributed by atoms with Gasteiger partial charge in [-0.3, -0.25) is 4.79 Å². The highest BCUT2D eigenvalue weighted by atomic mass is 31.2. The Morgan fingerprint density at radius 2 is 1.46 bits per heavy atom. The molecule has 0 amide bonds. The van der Waals surface area contributed by atoms with E-state index in [9.17, 15) is 15.0 Å². The highest BCUT2D eigenvalue weighted by molar-refractivity contribution is 7.45. The van der Waals surface area contributed by atoms with Crippen LogP contribution in [-0.4, -0.2) is 24.9 Å². The summed E-state index contributed by atoms with van der Waals surface area (Å²) >= 11 is 0. The highest BCUT2D eigenvalue weighted by Gasteiger charge is 2.16. The van der Waals surface area contributed by atoms with Gasteiger partial charge >= 0.3 is 7.82 Å². The van der Waals surface area contributed by atoms with Crippen molar-refractivity contribution in [1.82, 2.24) is 0 Å². The van der Waals surface area contributed by atoms with Crippen molar-refractivity contribution in [3.05, 3.63) is 58.8 Å². The first kappa shape index (κ1) is 17.7. The molecule has 5 N–H and O–H groups in total. The monoisotopic (exact) mass is 352 g/mol. The molecular formula is C15H13O8P.